The van der Waals surface area contributed by atoms with Gasteiger partial charge in [0.15, 0.2) is 0 Å². The third kappa shape index (κ3) is 4.28. The van der Waals surface area contributed by atoms with Gasteiger partial charge in [0.2, 0.25) is 0 Å². The fourth-order valence-electron chi connectivity index (χ4n) is 2.14. The highest BCUT2D eigenvalue weighted by atomic mass is 32.2. The van der Waals surface area contributed by atoms with E-state index in [9.17, 15) is 8.42 Å². The van der Waals surface area contributed by atoms with Crippen molar-refractivity contribution in [1.29, 1.82) is 0 Å². The average molecular weight is 319 g/mol. The van der Waals surface area contributed by atoms with Crippen LogP contribution in [0.15, 0.2) is 15.7 Å². The van der Waals surface area contributed by atoms with Gasteiger partial charge >= 0.3 is 0 Å². The Labute approximate surface area is 127 Å². The molecule has 0 bridgehead atoms. The summed E-state index contributed by atoms with van der Waals surface area (Å²) < 4.78 is 27.4. The number of nitrogens with one attached hydrogen (secondary N) is 1. The number of nitrogens with zero attached hydrogens (tertiary/aromatic N) is 1. The third-order valence-electron chi connectivity index (χ3n) is 3.57. The molecule has 1 heterocycles. The van der Waals surface area contributed by atoms with Gasteiger partial charge in [-0.1, -0.05) is 33.6 Å². The molecule has 0 unspecified atom stereocenters. The fraction of sp³-hybridized carbons (Fsp3) is 0.714. The van der Waals surface area contributed by atoms with E-state index < -0.39 is 10.0 Å². The molecule has 0 fully saturated rings. The molecule has 1 aromatic rings. The second-order valence-corrected chi connectivity index (χ2v) is 8.02. The van der Waals surface area contributed by atoms with E-state index >= 15 is 0 Å². The van der Waals surface area contributed by atoms with Crippen molar-refractivity contribution in [2.75, 3.05) is 20.1 Å². The van der Waals surface area contributed by atoms with Gasteiger partial charge in [-0.25, -0.2) is 8.42 Å². The largest absolute Gasteiger partial charge is 0.316 e. The lowest BCUT2D eigenvalue weighted by molar-refractivity contribution is 0.340. The second kappa shape index (κ2) is 8.12. The first-order valence-electron chi connectivity index (χ1n) is 7.21. The molecule has 20 heavy (non-hydrogen) atoms. The summed E-state index contributed by atoms with van der Waals surface area (Å²) in [6.45, 7) is 7.98. The van der Waals surface area contributed by atoms with Gasteiger partial charge in [-0.15, -0.1) is 11.3 Å². The Morgan fingerprint density at radius 2 is 1.95 bits per heavy atom. The van der Waals surface area contributed by atoms with Crippen LogP contribution in [0.1, 0.15) is 39.2 Å². The quantitative estimate of drug-likeness (QED) is 0.761. The zero-order valence-corrected chi connectivity index (χ0v) is 14.5. The van der Waals surface area contributed by atoms with Crippen molar-refractivity contribution in [2.45, 2.75) is 44.4 Å². The summed E-state index contributed by atoms with van der Waals surface area (Å²) in [5.74, 6) is 0.432. The van der Waals surface area contributed by atoms with Gasteiger partial charge in [-0.2, -0.15) is 4.31 Å². The minimum atomic E-state index is -3.34. The minimum Gasteiger partial charge on any atom is -0.316 e. The number of sulfonamides is 1. The molecule has 0 aliphatic carbocycles. The highest BCUT2D eigenvalue weighted by Gasteiger charge is 2.26. The van der Waals surface area contributed by atoms with Crippen molar-refractivity contribution in [3.05, 3.63) is 17.0 Å². The van der Waals surface area contributed by atoms with Crippen LogP contribution in [0.25, 0.3) is 0 Å². The van der Waals surface area contributed by atoms with Crippen LogP contribution < -0.4 is 5.32 Å². The van der Waals surface area contributed by atoms with Crippen LogP contribution in [0.5, 0.6) is 0 Å². The first-order chi connectivity index (χ1) is 9.49. The van der Waals surface area contributed by atoms with Crippen LogP contribution in [0.3, 0.4) is 0 Å². The Morgan fingerprint density at radius 1 is 1.30 bits per heavy atom. The molecule has 0 aliphatic rings. The summed E-state index contributed by atoms with van der Waals surface area (Å²) in [5, 5.41) is 4.95. The monoisotopic (exact) mass is 318 g/mol. The number of hydrogen-bond acceptors (Lipinski definition) is 4. The molecule has 1 N–H and O–H groups in total. The Hall–Kier alpha value is -0.430. The van der Waals surface area contributed by atoms with E-state index in [1.54, 1.807) is 10.4 Å². The smallest absolute Gasteiger partial charge is 0.252 e. The number of rotatable bonds is 9. The maximum Gasteiger partial charge on any atom is 0.252 e. The van der Waals surface area contributed by atoms with Gasteiger partial charge in [0.05, 0.1) is 0 Å². The zero-order chi connectivity index (χ0) is 15.2. The topological polar surface area (TPSA) is 49.4 Å². The van der Waals surface area contributed by atoms with E-state index in [1.165, 1.54) is 11.3 Å². The summed E-state index contributed by atoms with van der Waals surface area (Å²) in [6.07, 6.45) is 2.02. The predicted octanol–water partition coefficient (Wildman–Crippen LogP) is 2.91. The lowest BCUT2D eigenvalue weighted by atomic mass is 10.0. The summed E-state index contributed by atoms with van der Waals surface area (Å²) in [5.41, 5.74) is 1.02. The molecule has 0 aliphatic heterocycles. The highest BCUT2D eigenvalue weighted by molar-refractivity contribution is 7.91. The maximum absolute atomic E-state index is 12.7. The summed E-state index contributed by atoms with van der Waals surface area (Å²) in [7, 11) is -1.48. The Balaban J connectivity index is 2.92. The van der Waals surface area contributed by atoms with E-state index in [4.69, 9.17) is 0 Å². The Morgan fingerprint density at radius 3 is 2.45 bits per heavy atom. The van der Waals surface area contributed by atoms with Crippen LogP contribution >= 0.6 is 11.3 Å². The van der Waals surface area contributed by atoms with Gasteiger partial charge in [0.1, 0.15) is 4.21 Å². The Kier molecular flexibility index (Phi) is 7.15. The standard InChI is InChI=1S/C14H26N2O2S2/c1-5-12(6-2)10-16(7-3)20(17,18)14-8-13(9-15-4)11-19-14/h8,11-12,15H,5-7,9-10H2,1-4H3. The SMILES string of the molecule is CCC(CC)CN(CC)S(=O)(=O)c1cc(CNC)cs1. The van der Waals surface area contributed by atoms with E-state index in [-0.39, 0.29) is 0 Å². The van der Waals surface area contributed by atoms with Crippen molar-refractivity contribution >= 4 is 21.4 Å². The van der Waals surface area contributed by atoms with Gasteiger partial charge in [-0.3, -0.25) is 0 Å². The van der Waals surface area contributed by atoms with E-state index in [1.807, 2.05) is 19.4 Å². The average Bonchev–Trinajstić information content (AvgIpc) is 2.90. The van der Waals surface area contributed by atoms with Gasteiger partial charge in [0, 0.05) is 19.6 Å². The normalized spacial score (nSPS) is 12.5. The van der Waals surface area contributed by atoms with Crippen molar-refractivity contribution in [3.8, 4) is 0 Å². The Bertz CT molecular complexity index is 493. The molecule has 1 aromatic heterocycles. The number of thiophene rings is 1. The van der Waals surface area contributed by atoms with Crippen molar-refractivity contribution in [3.63, 3.8) is 0 Å². The maximum atomic E-state index is 12.7. The van der Waals surface area contributed by atoms with E-state index in [0.29, 0.717) is 29.8 Å². The summed E-state index contributed by atoms with van der Waals surface area (Å²) in [4.78, 5) is 0. The van der Waals surface area contributed by atoms with Crippen LogP contribution in [-0.4, -0.2) is 32.9 Å². The zero-order valence-electron chi connectivity index (χ0n) is 12.8. The van der Waals surface area contributed by atoms with Crippen LogP contribution in [0, 0.1) is 5.92 Å². The van der Waals surface area contributed by atoms with Crippen molar-refractivity contribution in [1.82, 2.24) is 9.62 Å². The summed E-state index contributed by atoms with van der Waals surface area (Å²) in [6, 6.07) is 1.78. The van der Waals surface area contributed by atoms with Crippen molar-refractivity contribution in [2.24, 2.45) is 5.92 Å². The molecule has 116 valence electrons. The molecule has 0 aromatic carbocycles. The molecule has 0 spiro atoms. The molecule has 1 rings (SSSR count). The highest BCUT2D eigenvalue weighted by Crippen LogP contribution is 2.25. The third-order valence-corrected chi connectivity index (χ3v) is 6.98. The minimum absolute atomic E-state index is 0.432. The van der Waals surface area contributed by atoms with Crippen LogP contribution in [0.2, 0.25) is 0 Å². The van der Waals surface area contributed by atoms with Crippen LogP contribution in [0.4, 0.5) is 0 Å². The lowest BCUT2D eigenvalue weighted by Crippen LogP contribution is -2.34. The molecule has 4 nitrogen and oxygen atoms in total. The van der Waals surface area contributed by atoms with Gasteiger partial charge in [-0.05, 0) is 30.0 Å². The first-order valence-corrected chi connectivity index (χ1v) is 9.53. The molecule has 0 amide bonds. The second-order valence-electron chi connectivity index (χ2n) is 4.94. The molecule has 0 saturated carbocycles. The van der Waals surface area contributed by atoms with Gasteiger partial charge in [0.25, 0.3) is 10.0 Å². The van der Waals surface area contributed by atoms with Gasteiger partial charge < -0.3 is 5.32 Å². The van der Waals surface area contributed by atoms with Crippen LogP contribution in [-0.2, 0) is 16.6 Å². The number of hydrogen-bond donors (Lipinski definition) is 1. The summed E-state index contributed by atoms with van der Waals surface area (Å²) >= 11 is 1.31. The first kappa shape index (κ1) is 17.6. The molecule has 6 heteroatoms. The molecule has 0 saturated heterocycles. The molecule has 0 atom stereocenters. The predicted molar refractivity (Wildman–Crippen MR) is 85.6 cm³/mol. The lowest BCUT2D eigenvalue weighted by Gasteiger charge is -2.24. The molecular formula is C14H26N2O2S2. The fourth-order valence-corrected chi connectivity index (χ4v) is 5.03. The van der Waals surface area contributed by atoms with Crippen molar-refractivity contribution < 1.29 is 8.42 Å². The van der Waals surface area contributed by atoms with E-state index in [0.717, 1.165) is 18.4 Å². The van der Waals surface area contributed by atoms with E-state index in [2.05, 4.69) is 19.2 Å². The molecule has 0 radical (unpaired) electrons. The molecular weight excluding hydrogens is 292 g/mol.